The molecule has 1 atom stereocenters. The van der Waals surface area contributed by atoms with Crippen LogP contribution in [0.1, 0.15) is 17.5 Å². The van der Waals surface area contributed by atoms with E-state index >= 15 is 0 Å². The molecule has 184 valence electrons. The van der Waals surface area contributed by atoms with Crippen LogP contribution in [0, 0.1) is 6.92 Å². The van der Waals surface area contributed by atoms with Gasteiger partial charge in [0, 0.05) is 19.2 Å². The molecular weight excluding hydrogens is 462 g/mol. The third kappa shape index (κ3) is 6.04. The number of sulfonamides is 1. The van der Waals surface area contributed by atoms with E-state index in [4.69, 9.17) is 14.2 Å². The van der Waals surface area contributed by atoms with Gasteiger partial charge < -0.3 is 24.8 Å². The summed E-state index contributed by atoms with van der Waals surface area (Å²) in [5, 5.41) is 5.01. The fourth-order valence-corrected chi connectivity index (χ4v) is 5.02. The van der Waals surface area contributed by atoms with E-state index in [1.54, 1.807) is 0 Å². The highest BCUT2D eigenvalue weighted by atomic mass is 32.2. The van der Waals surface area contributed by atoms with Crippen molar-refractivity contribution < 1.29 is 32.2 Å². The van der Waals surface area contributed by atoms with Gasteiger partial charge in [0.25, 0.3) is 0 Å². The lowest BCUT2D eigenvalue weighted by molar-refractivity contribution is -0.140. The fourth-order valence-electron chi connectivity index (χ4n) is 3.44. The normalized spacial score (nSPS) is 16.5. The Morgan fingerprint density at radius 1 is 1.03 bits per heavy atom. The van der Waals surface area contributed by atoms with Crippen LogP contribution >= 0.6 is 0 Å². The highest BCUT2D eigenvalue weighted by Crippen LogP contribution is 2.31. The topological polar surface area (TPSA) is 123 Å². The van der Waals surface area contributed by atoms with Crippen molar-refractivity contribution in [2.45, 2.75) is 31.0 Å². The zero-order chi connectivity index (χ0) is 24.7. The third-order valence-corrected chi connectivity index (χ3v) is 7.22. The average molecular weight is 492 g/mol. The summed E-state index contributed by atoms with van der Waals surface area (Å²) in [7, 11) is -1.09. The first kappa shape index (κ1) is 25.5. The van der Waals surface area contributed by atoms with Crippen LogP contribution in [-0.2, 0) is 30.9 Å². The van der Waals surface area contributed by atoms with E-state index in [2.05, 4.69) is 10.6 Å². The van der Waals surface area contributed by atoms with Crippen molar-refractivity contribution in [1.82, 2.24) is 14.9 Å². The molecule has 1 aliphatic rings. The number of nitrogens with one attached hydrogen (secondary N) is 2. The van der Waals surface area contributed by atoms with Crippen LogP contribution in [0.4, 0.5) is 0 Å². The highest BCUT2D eigenvalue weighted by molar-refractivity contribution is 7.89. The number of hydrogen-bond donors (Lipinski definition) is 2. The molecule has 0 bridgehead atoms. The quantitative estimate of drug-likeness (QED) is 0.532. The summed E-state index contributed by atoms with van der Waals surface area (Å²) >= 11 is 0. The maximum Gasteiger partial charge on any atom is 0.309 e. The molecule has 1 aliphatic heterocycles. The summed E-state index contributed by atoms with van der Waals surface area (Å²) in [6.45, 7) is 2.52. The average Bonchev–Trinajstić information content (AvgIpc) is 2.86. The van der Waals surface area contributed by atoms with Crippen molar-refractivity contribution >= 4 is 21.8 Å². The summed E-state index contributed by atoms with van der Waals surface area (Å²) in [6, 6.07) is 11.8. The molecule has 0 unspecified atom stereocenters. The van der Waals surface area contributed by atoms with Gasteiger partial charge in [-0.3, -0.25) is 9.59 Å². The molecule has 2 N–H and O–H groups in total. The van der Waals surface area contributed by atoms with Crippen LogP contribution in [0.5, 0.6) is 11.5 Å². The molecule has 3 rings (SSSR count). The Balaban J connectivity index is 1.63. The second-order valence-corrected chi connectivity index (χ2v) is 9.58. The molecule has 0 aromatic heterocycles. The van der Waals surface area contributed by atoms with Crippen LogP contribution in [0.25, 0.3) is 0 Å². The molecule has 0 saturated carbocycles. The molecule has 2 aromatic carbocycles. The van der Waals surface area contributed by atoms with E-state index < -0.39 is 28.1 Å². The van der Waals surface area contributed by atoms with Gasteiger partial charge in [0.15, 0.2) is 11.5 Å². The molecule has 0 spiro atoms. The lowest BCUT2D eigenvalue weighted by Gasteiger charge is -2.34. The Kier molecular flexibility index (Phi) is 8.48. The third-order valence-electron chi connectivity index (χ3n) is 5.33. The number of nitrogens with zero attached hydrogens (tertiary/aromatic N) is 1. The number of aryl methyl sites for hydroxylation is 1. The predicted octanol–water partition coefficient (Wildman–Crippen LogP) is 1.18. The number of rotatable bonds is 8. The van der Waals surface area contributed by atoms with Gasteiger partial charge >= 0.3 is 11.8 Å². The standard InChI is InChI=1S/C23H29N3O7S/c1-16-5-7-17(8-6-16)14-24-22(27)23(28)25-15-21-26(11-4-12-33-21)34(29,30)18-9-10-19(31-2)20(13-18)32-3/h5-10,13,21H,4,11-12,14-15H2,1-3H3,(H,24,27)(H,25,28)/t21-/m1/s1. The lowest BCUT2D eigenvalue weighted by atomic mass is 10.1. The molecule has 1 heterocycles. The van der Waals surface area contributed by atoms with Gasteiger partial charge in [0.05, 0.1) is 32.3 Å². The lowest BCUT2D eigenvalue weighted by Crippen LogP contribution is -2.53. The Hall–Kier alpha value is -3.15. The molecule has 2 amide bonds. The van der Waals surface area contributed by atoms with Gasteiger partial charge in [0.2, 0.25) is 10.0 Å². The zero-order valence-corrected chi connectivity index (χ0v) is 20.2. The Bertz CT molecular complexity index is 1120. The number of carbonyl (C=O) groups excluding carboxylic acids is 2. The monoisotopic (exact) mass is 491 g/mol. The number of hydrogen-bond acceptors (Lipinski definition) is 7. The smallest absolute Gasteiger partial charge is 0.309 e. The number of amides is 2. The van der Waals surface area contributed by atoms with Crippen molar-refractivity contribution in [1.29, 1.82) is 0 Å². The van der Waals surface area contributed by atoms with Gasteiger partial charge in [-0.15, -0.1) is 0 Å². The van der Waals surface area contributed by atoms with Crippen LogP contribution in [0.15, 0.2) is 47.4 Å². The molecule has 2 aromatic rings. The van der Waals surface area contributed by atoms with E-state index in [0.29, 0.717) is 18.8 Å². The van der Waals surface area contributed by atoms with Crippen molar-refractivity contribution in [3.8, 4) is 11.5 Å². The van der Waals surface area contributed by atoms with Crippen LogP contribution < -0.4 is 20.1 Å². The van der Waals surface area contributed by atoms with Crippen molar-refractivity contribution in [3.05, 3.63) is 53.6 Å². The van der Waals surface area contributed by atoms with Gasteiger partial charge in [0.1, 0.15) is 6.23 Å². The summed E-state index contributed by atoms with van der Waals surface area (Å²) in [6.07, 6.45) is -0.464. The summed E-state index contributed by atoms with van der Waals surface area (Å²) in [5.41, 5.74) is 1.95. The van der Waals surface area contributed by atoms with Crippen LogP contribution in [0.2, 0.25) is 0 Å². The Morgan fingerprint density at radius 3 is 2.38 bits per heavy atom. The first-order chi connectivity index (χ1) is 16.3. The number of benzene rings is 2. The highest BCUT2D eigenvalue weighted by Gasteiger charge is 2.35. The fraction of sp³-hybridized carbons (Fsp3) is 0.391. The number of ether oxygens (including phenoxy) is 3. The van der Waals surface area contributed by atoms with E-state index in [1.807, 2.05) is 31.2 Å². The first-order valence-electron chi connectivity index (χ1n) is 10.7. The molecule has 34 heavy (non-hydrogen) atoms. The van der Waals surface area contributed by atoms with Gasteiger partial charge in [-0.25, -0.2) is 8.42 Å². The Morgan fingerprint density at radius 2 is 1.71 bits per heavy atom. The molecule has 11 heteroatoms. The maximum absolute atomic E-state index is 13.3. The van der Waals surface area contributed by atoms with Crippen molar-refractivity contribution in [2.75, 3.05) is 33.9 Å². The van der Waals surface area contributed by atoms with Crippen LogP contribution in [-0.4, -0.2) is 64.7 Å². The second kappa shape index (κ2) is 11.3. The summed E-state index contributed by atoms with van der Waals surface area (Å²) < 4.78 is 43.7. The Labute approximate surface area is 199 Å². The molecule has 1 saturated heterocycles. The largest absolute Gasteiger partial charge is 0.493 e. The zero-order valence-electron chi connectivity index (χ0n) is 19.4. The predicted molar refractivity (Wildman–Crippen MR) is 124 cm³/mol. The maximum atomic E-state index is 13.3. The second-order valence-electron chi connectivity index (χ2n) is 7.69. The van der Waals surface area contributed by atoms with Crippen molar-refractivity contribution in [3.63, 3.8) is 0 Å². The molecule has 0 radical (unpaired) electrons. The summed E-state index contributed by atoms with van der Waals surface area (Å²) in [4.78, 5) is 24.4. The molecule has 1 fully saturated rings. The summed E-state index contributed by atoms with van der Waals surface area (Å²) in [5.74, 6) is -1.01. The minimum absolute atomic E-state index is 0.00261. The minimum atomic E-state index is -3.97. The number of carbonyl (C=O) groups is 2. The van der Waals surface area contributed by atoms with Gasteiger partial charge in [-0.05, 0) is 31.0 Å². The first-order valence-corrected chi connectivity index (χ1v) is 12.2. The van der Waals surface area contributed by atoms with Gasteiger partial charge in [-0.1, -0.05) is 29.8 Å². The van der Waals surface area contributed by atoms with E-state index in [1.165, 1.54) is 36.7 Å². The number of methoxy groups -OCH3 is 2. The van der Waals surface area contributed by atoms with E-state index in [0.717, 1.165) is 11.1 Å². The molecule has 0 aliphatic carbocycles. The molecule has 10 nitrogen and oxygen atoms in total. The minimum Gasteiger partial charge on any atom is -0.493 e. The van der Waals surface area contributed by atoms with Crippen LogP contribution in [0.3, 0.4) is 0 Å². The van der Waals surface area contributed by atoms with Gasteiger partial charge in [-0.2, -0.15) is 4.31 Å². The van der Waals surface area contributed by atoms with Crippen molar-refractivity contribution in [2.24, 2.45) is 0 Å². The van der Waals surface area contributed by atoms with E-state index in [9.17, 15) is 18.0 Å². The van der Waals surface area contributed by atoms with E-state index in [-0.39, 0.29) is 30.3 Å². The molecular formula is C23H29N3O7S. The SMILES string of the molecule is COc1ccc(S(=O)(=O)N2CCCO[C@@H]2CNC(=O)C(=O)NCc2ccc(C)cc2)cc1OC.